The normalized spacial score (nSPS) is 17.1. The van der Waals surface area contributed by atoms with E-state index in [-0.39, 0.29) is 4.90 Å². The van der Waals surface area contributed by atoms with E-state index in [9.17, 15) is 12.8 Å². The number of rotatable bonds is 3. The molecule has 2 aromatic carbocycles. The molecule has 0 aromatic heterocycles. The average molecular weight is 306 g/mol. The summed E-state index contributed by atoms with van der Waals surface area (Å²) in [5, 5.41) is 3.28. The Morgan fingerprint density at radius 2 is 1.90 bits per heavy atom. The third-order valence-electron chi connectivity index (χ3n) is 3.41. The highest BCUT2D eigenvalue weighted by atomic mass is 32.2. The van der Waals surface area contributed by atoms with E-state index in [0.29, 0.717) is 11.7 Å². The van der Waals surface area contributed by atoms with Gasteiger partial charge in [-0.3, -0.25) is 4.72 Å². The number of halogens is 1. The summed E-state index contributed by atoms with van der Waals surface area (Å²) in [7, 11) is -3.67. The highest BCUT2D eigenvalue weighted by Gasteiger charge is 2.21. The van der Waals surface area contributed by atoms with Crippen LogP contribution < -0.4 is 10.0 Å². The van der Waals surface area contributed by atoms with Crippen molar-refractivity contribution in [1.29, 1.82) is 0 Å². The zero-order valence-corrected chi connectivity index (χ0v) is 12.2. The summed E-state index contributed by atoms with van der Waals surface area (Å²) in [5.74, 6) is -0.407. The highest BCUT2D eigenvalue weighted by Crippen LogP contribution is 2.28. The Bertz CT molecular complexity index is 773. The third-order valence-corrected chi connectivity index (χ3v) is 4.79. The number of nitrogens with one attached hydrogen (secondary N) is 2. The lowest BCUT2D eigenvalue weighted by Crippen LogP contribution is -2.13. The summed E-state index contributed by atoms with van der Waals surface area (Å²) in [6.45, 7) is 2.05. The van der Waals surface area contributed by atoms with Gasteiger partial charge in [-0.15, -0.1) is 0 Å². The van der Waals surface area contributed by atoms with Gasteiger partial charge in [0.1, 0.15) is 5.82 Å². The van der Waals surface area contributed by atoms with E-state index < -0.39 is 15.8 Å². The number of hydrogen-bond donors (Lipinski definition) is 2. The molecule has 1 atom stereocenters. The van der Waals surface area contributed by atoms with Gasteiger partial charge in [-0.1, -0.05) is 0 Å². The molecule has 0 radical (unpaired) electrons. The summed E-state index contributed by atoms with van der Waals surface area (Å²) in [4.78, 5) is 0.210. The van der Waals surface area contributed by atoms with E-state index >= 15 is 0 Å². The first kappa shape index (κ1) is 13.9. The molecule has 110 valence electrons. The molecule has 4 nitrogen and oxygen atoms in total. The minimum Gasteiger partial charge on any atom is -0.382 e. The molecule has 0 spiro atoms. The van der Waals surface area contributed by atoms with Crippen LogP contribution in [-0.4, -0.2) is 14.5 Å². The standard InChI is InChI=1S/C15H15FN2O2S/c1-10-8-11-9-14(6-7-15(11)17-10)21(19,20)18-13-4-2-12(16)3-5-13/h2-7,9-10,17-18H,8H2,1H3. The van der Waals surface area contributed by atoms with Gasteiger partial charge in [-0.2, -0.15) is 0 Å². The van der Waals surface area contributed by atoms with Gasteiger partial charge in [-0.25, -0.2) is 12.8 Å². The smallest absolute Gasteiger partial charge is 0.261 e. The van der Waals surface area contributed by atoms with Gasteiger partial charge >= 0.3 is 0 Å². The molecule has 1 aliphatic heterocycles. The minimum absolute atomic E-state index is 0.210. The van der Waals surface area contributed by atoms with Crippen LogP contribution in [0.5, 0.6) is 0 Å². The van der Waals surface area contributed by atoms with Crippen molar-refractivity contribution >= 4 is 21.4 Å². The van der Waals surface area contributed by atoms with E-state index in [1.54, 1.807) is 18.2 Å². The molecule has 3 rings (SSSR count). The quantitative estimate of drug-likeness (QED) is 0.916. The monoisotopic (exact) mass is 306 g/mol. The second kappa shape index (κ2) is 5.04. The summed E-state index contributed by atoms with van der Waals surface area (Å²) < 4.78 is 40.0. The van der Waals surface area contributed by atoms with Gasteiger partial charge in [0.05, 0.1) is 4.90 Å². The molecule has 1 unspecified atom stereocenters. The van der Waals surface area contributed by atoms with Crippen LogP contribution in [0.2, 0.25) is 0 Å². The summed E-state index contributed by atoms with van der Waals surface area (Å²) in [5.41, 5.74) is 2.30. The van der Waals surface area contributed by atoms with Crippen LogP contribution in [0.25, 0.3) is 0 Å². The first-order chi connectivity index (χ1) is 9.94. The molecule has 0 bridgehead atoms. The van der Waals surface area contributed by atoms with Gasteiger partial charge in [0.15, 0.2) is 0 Å². The van der Waals surface area contributed by atoms with Crippen molar-refractivity contribution in [3.05, 3.63) is 53.8 Å². The zero-order valence-electron chi connectivity index (χ0n) is 11.4. The lowest BCUT2D eigenvalue weighted by molar-refractivity contribution is 0.601. The van der Waals surface area contributed by atoms with Gasteiger partial charge in [-0.05, 0) is 61.4 Å². The molecular weight excluding hydrogens is 291 g/mol. The maximum atomic E-state index is 12.8. The van der Waals surface area contributed by atoms with E-state index in [1.165, 1.54) is 24.3 Å². The van der Waals surface area contributed by atoms with Gasteiger partial charge in [0.25, 0.3) is 10.0 Å². The molecule has 2 aromatic rings. The van der Waals surface area contributed by atoms with Crippen LogP contribution in [0, 0.1) is 5.82 Å². The van der Waals surface area contributed by atoms with Crippen LogP contribution in [0.1, 0.15) is 12.5 Å². The Morgan fingerprint density at radius 3 is 2.62 bits per heavy atom. The molecular formula is C15H15FN2O2S. The van der Waals surface area contributed by atoms with Crippen LogP contribution in [0.4, 0.5) is 15.8 Å². The third kappa shape index (κ3) is 2.85. The van der Waals surface area contributed by atoms with Gasteiger partial charge < -0.3 is 5.32 Å². The zero-order chi connectivity index (χ0) is 15.0. The summed E-state index contributed by atoms with van der Waals surface area (Å²) >= 11 is 0. The molecule has 0 amide bonds. The van der Waals surface area contributed by atoms with Crippen LogP contribution in [-0.2, 0) is 16.4 Å². The van der Waals surface area contributed by atoms with Gasteiger partial charge in [0.2, 0.25) is 0 Å². The molecule has 21 heavy (non-hydrogen) atoms. The van der Waals surface area contributed by atoms with Crippen molar-refractivity contribution in [2.75, 3.05) is 10.0 Å². The van der Waals surface area contributed by atoms with Crippen molar-refractivity contribution in [2.24, 2.45) is 0 Å². The fraction of sp³-hybridized carbons (Fsp3) is 0.200. The molecule has 0 fully saturated rings. The molecule has 2 N–H and O–H groups in total. The maximum absolute atomic E-state index is 12.8. The summed E-state index contributed by atoms with van der Waals surface area (Å²) in [6, 6.07) is 10.5. The van der Waals surface area contributed by atoms with E-state index in [0.717, 1.165) is 17.7 Å². The first-order valence-electron chi connectivity index (χ1n) is 6.62. The fourth-order valence-electron chi connectivity index (χ4n) is 2.43. The number of anilines is 2. The molecule has 1 aliphatic rings. The second-order valence-electron chi connectivity index (χ2n) is 5.18. The predicted octanol–water partition coefficient (Wildman–Crippen LogP) is 2.98. The average Bonchev–Trinajstić information content (AvgIpc) is 2.80. The van der Waals surface area contributed by atoms with Crippen LogP contribution >= 0.6 is 0 Å². The molecule has 1 heterocycles. The van der Waals surface area contributed by atoms with Crippen molar-refractivity contribution in [3.8, 4) is 0 Å². The van der Waals surface area contributed by atoms with E-state index in [1.807, 2.05) is 6.92 Å². The number of hydrogen-bond acceptors (Lipinski definition) is 3. The number of fused-ring (bicyclic) bond motifs is 1. The van der Waals surface area contributed by atoms with Crippen molar-refractivity contribution in [2.45, 2.75) is 24.3 Å². The fourth-order valence-corrected chi connectivity index (χ4v) is 3.53. The topological polar surface area (TPSA) is 58.2 Å². The Morgan fingerprint density at radius 1 is 1.19 bits per heavy atom. The Kier molecular flexibility index (Phi) is 3.33. The highest BCUT2D eigenvalue weighted by molar-refractivity contribution is 7.92. The van der Waals surface area contributed by atoms with Gasteiger partial charge in [0, 0.05) is 17.4 Å². The van der Waals surface area contributed by atoms with Crippen molar-refractivity contribution < 1.29 is 12.8 Å². The molecule has 0 aliphatic carbocycles. The van der Waals surface area contributed by atoms with Crippen LogP contribution in [0.3, 0.4) is 0 Å². The van der Waals surface area contributed by atoms with Crippen molar-refractivity contribution in [3.63, 3.8) is 0 Å². The lowest BCUT2D eigenvalue weighted by atomic mass is 10.1. The molecule has 0 saturated heterocycles. The number of benzene rings is 2. The Hall–Kier alpha value is -2.08. The van der Waals surface area contributed by atoms with Crippen LogP contribution in [0.15, 0.2) is 47.4 Å². The van der Waals surface area contributed by atoms with E-state index in [4.69, 9.17) is 0 Å². The largest absolute Gasteiger partial charge is 0.382 e. The maximum Gasteiger partial charge on any atom is 0.261 e. The SMILES string of the molecule is CC1Cc2cc(S(=O)(=O)Nc3ccc(F)cc3)ccc2N1. The molecule has 6 heteroatoms. The summed E-state index contributed by atoms with van der Waals surface area (Å²) in [6.07, 6.45) is 0.801. The molecule has 0 saturated carbocycles. The van der Waals surface area contributed by atoms with Crippen molar-refractivity contribution in [1.82, 2.24) is 0 Å². The lowest BCUT2D eigenvalue weighted by Gasteiger charge is -2.09. The minimum atomic E-state index is -3.67. The number of sulfonamides is 1. The predicted molar refractivity (Wildman–Crippen MR) is 80.4 cm³/mol. The Labute approximate surface area is 123 Å². The first-order valence-corrected chi connectivity index (χ1v) is 8.10. The van der Waals surface area contributed by atoms with E-state index in [2.05, 4.69) is 10.0 Å². The second-order valence-corrected chi connectivity index (χ2v) is 6.86. The Balaban J connectivity index is 1.89.